The molecule has 2 aromatic heterocycles. The molecule has 0 bridgehead atoms. The van der Waals surface area contributed by atoms with Crippen molar-refractivity contribution in [3.8, 4) is 0 Å². The highest BCUT2D eigenvalue weighted by Gasteiger charge is 2.21. The summed E-state index contributed by atoms with van der Waals surface area (Å²) in [5, 5.41) is 17.3. The zero-order valence-corrected chi connectivity index (χ0v) is 18.8. The van der Waals surface area contributed by atoms with Crippen LogP contribution in [0.5, 0.6) is 0 Å². The maximum absolute atomic E-state index is 13.2. The number of thiazole rings is 1. The molecule has 7 nitrogen and oxygen atoms in total. The first kappa shape index (κ1) is 20.6. The largest absolute Gasteiger partial charge is 0.324 e. The molecule has 0 radical (unpaired) electrons. The van der Waals surface area contributed by atoms with E-state index in [0.717, 1.165) is 26.0 Å². The molecule has 0 spiro atoms. The Bertz CT molecular complexity index is 1290. The van der Waals surface area contributed by atoms with Gasteiger partial charge in [-0.1, -0.05) is 50.2 Å². The van der Waals surface area contributed by atoms with Crippen molar-refractivity contribution in [2.45, 2.75) is 0 Å². The van der Waals surface area contributed by atoms with Crippen molar-refractivity contribution in [2.75, 3.05) is 5.01 Å². The second-order valence-corrected chi connectivity index (χ2v) is 9.37. The molecule has 0 N–H and O–H groups in total. The molecule has 4 aromatic rings. The molecule has 150 valence electrons. The van der Waals surface area contributed by atoms with Crippen LogP contribution >= 0.6 is 50.2 Å². The highest BCUT2D eigenvalue weighted by Crippen LogP contribution is 2.32. The molecule has 0 unspecified atom stereocenters. The van der Waals surface area contributed by atoms with E-state index in [2.05, 4.69) is 26.0 Å². The van der Waals surface area contributed by atoms with Gasteiger partial charge in [0, 0.05) is 21.1 Å². The van der Waals surface area contributed by atoms with Gasteiger partial charge in [-0.3, -0.25) is 14.9 Å². The number of aromatic nitrogens is 1. The first-order chi connectivity index (χ1) is 14.4. The van der Waals surface area contributed by atoms with Gasteiger partial charge in [0.25, 0.3) is 5.91 Å². The second-order valence-electron chi connectivity index (χ2n) is 5.91. The molecule has 2 aromatic carbocycles. The van der Waals surface area contributed by atoms with Gasteiger partial charge in [-0.2, -0.15) is 10.1 Å². The van der Waals surface area contributed by atoms with E-state index in [-0.39, 0.29) is 5.00 Å². The Hall–Kier alpha value is -2.66. The van der Waals surface area contributed by atoms with E-state index in [1.165, 1.54) is 28.6 Å². The van der Waals surface area contributed by atoms with E-state index in [9.17, 15) is 14.9 Å². The summed E-state index contributed by atoms with van der Waals surface area (Å²) >= 11 is 11.6. The van der Waals surface area contributed by atoms with Gasteiger partial charge in [-0.15, -0.1) is 0 Å². The Morgan fingerprint density at radius 1 is 1.17 bits per heavy atom. The fraction of sp³-hybridized carbons (Fsp3) is 0. The highest BCUT2D eigenvalue weighted by atomic mass is 79.9. The summed E-state index contributed by atoms with van der Waals surface area (Å²) in [6.45, 7) is 0. The summed E-state index contributed by atoms with van der Waals surface area (Å²) in [4.78, 5) is 28.7. The monoisotopic (exact) mass is 520 g/mol. The van der Waals surface area contributed by atoms with Crippen molar-refractivity contribution < 1.29 is 9.72 Å². The van der Waals surface area contributed by atoms with Crippen LogP contribution in [0.4, 0.5) is 10.1 Å². The standard InChI is InChI=1S/C19H10BrClN4O3S2/c20-12-3-7-15-16(9-12)30-19(23-15)24(18(26)11-1-4-13(21)5-2-11)22-10-14-6-8-17(29-14)25(27)28/h1-10H/b22-10+. The van der Waals surface area contributed by atoms with E-state index >= 15 is 0 Å². The fourth-order valence-corrected chi connectivity index (χ4v) is 4.79. The summed E-state index contributed by atoms with van der Waals surface area (Å²) in [6.07, 6.45) is 1.41. The summed E-state index contributed by atoms with van der Waals surface area (Å²) in [6, 6.07) is 15.0. The first-order valence-electron chi connectivity index (χ1n) is 8.35. The van der Waals surface area contributed by atoms with Gasteiger partial charge in [0.05, 0.1) is 26.2 Å². The van der Waals surface area contributed by atoms with Gasteiger partial charge in [-0.25, -0.2) is 4.98 Å². The maximum atomic E-state index is 13.2. The van der Waals surface area contributed by atoms with Gasteiger partial charge in [0.1, 0.15) is 0 Å². The SMILES string of the molecule is O=C(c1ccc(Cl)cc1)N(/N=C/c1ccc([N+](=O)[O-])s1)c1nc2ccc(Br)cc2s1. The van der Waals surface area contributed by atoms with Crippen molar-refractivity contribution >= 4 is 82.7 Å². The van der Waals surface area contributed by atoms with E-state index in [4.69, 9.17) is 11.6 Å². The van der Waals surface area contributed by atoms with Gasteiger partial charge in [-0.05, 0) is 48.5 Å². The molecule has 4 rings (SSSR count). The number of hydrazone groups is 1. The summed E-state index contributed by atoms with van der Waals surface area (Å²) in [5.41, 5.74) is 1.11. The van der Waals surface area contributed by atoms with Crippen LogP contribution in [-0.2, 0) is 0 Å². The molecular formula is C19H10BrClN4O3S2. The number of benzene rings is 2. The quantitative estimate of drug-likeness (QED) is 0.174. The number of thiophene rings is 1. The third-order valence-corrected chi connectivity index (χ3v) is 6.61. The summed E-state index contributed by atoms with van der Waals surface area (Å²) < 4.78 is 1.78. The maximum Gasteiger partial charge on any atom is 0.324 e. The zero-order chi connectivity index (χ0) is 21.3. The lowest BCUT2D eigenvalue weighted by Crippen LogP contribution is -2.25. The van der Waals surface area contributed by atoms with Gasteiger partial charge >= 0.3 is 5.00 Å². The number of carbonyl (C=O) groups is 1. The molecule has 2 heterocycles. The molecule has 11 heteroatoms. The van der Waals surface area contributed by atoms with Crippen molar-refractivity contribution in [3.63, 3.8) is 0 Å². The Balaban J connectivity index is 1.74. The normalized spacial score (nSPS) is 11.3. The number of nitrogens with zero attached hydrogens (tertiary/aromatic N) is 4. The minimum atomic E-state index is -0.468. The molecule has 0 atom stereocenters. The number of halogens is 2. The van der Waals surface area contributed by atoms with Crippen LogP contribution in [0.2, 0.25) is 5.02 Å². The molecule has 0 aliphatic rings. The van der Waals surface area contributed by atoms with Crippen molar-refractivity contribution in [1.82, 2.24) is 4.98 Å². The van der Waals surface area contributed by atoms with Crippen LogP contribution in [0, 0.1) is 10.1 Å². The molecule has 0 saturated heterocycles. The van der Waals surface area contributed by atoms with Gasteiger partial charge in [0.2, 0.25) is 5.13 Å². The number of fused-ring (bicyclic) bond motifs is 1. The predicted octanol–water partition coefficient (Wildman–Crippen LogP) is 6.36. The molecule has 0 aliphatic carbocycles. The fourth-order valence-electron chi connectivity index (χ4n) is 2.50. The average molecular weight is 522 g/mol. The first-order valence-corrected chi connectivity index (χ1v) is 11.2. The number of anilines is 1. The second kappa shape index (κ2) is 8.60. The molecular weight excluding hydrogens is 512 g/mol. The van der Waals surface area contributed by atoms with Crippen LogP contribution < -0.4 is 5.01 Å². The Labute approximate surface area is 191 Å². The molecule has 0 saturated carbocycles. The highest BCUT2D eigenvalue weighted by molar-refractivity contribution is 9.10. The third-order valence-electron chi connectivity index (χ3n) is 3.90. The molecule has 0 fully saturated rings. The molecule has 1 amide bonds. The van der Waals surface area contributed by atoms with Crippen LogP contribution in [0.3, 0.4) is 0 Å². The van der Waals surface area contributed by atoms with E-state index in [1.54, 1.807) is 30.3 Å². The van der Waals surface area contributed by atoms with Gasteiger partial charge in [0.15, 0.2) is 0 Å². The molecule has 0 aliphatic heterocycles. The number of rotatable bonds is 5. The Morgan fingerprint density at radius 2 is 1.93 bits per heavy atom. The van der Waals surface area contributed by atoms with Crippen molar-refractivity contribution in [3.05, 3.63) is 84.6 Å². The lowest BCUT2D eigenvalue weighted by atomic mass is 10.2. The van der Waals surface area contributed by atoms with Gasteiger partial charge < -0.3 is 0 Å². The Kier molecular flexibility index (Phi) is 5.91. The molecule has 30 heavy (non-hydrogen) atoms. The smallest absolute Gasteiger partial charge is 0.267 e. The lowest BCUT2D eigenvalue weighted by Gasteiger charge is -2.13. The topological polar surface area (TPSA) is 88.7 Å². The summed E-state index contributed by atoms with van der Waals surface area (Å²) in [5.74, 6) is -0.396. The average Bonchev–Trinajstić information content (AvgIpc) is 3.35. The van der Waals surface area contributed by atoms with Crippen molar-refractivity contribution in [1.29, 1.82) is 0 Å². The predicted molar refractivity (Wildman–Crippen MR) is 124 cm³/mol. The van der Waals surface area contributed by atoms with E-state index < -0.39 is 10.8 Å². The lowest BCUT2D eigenvalue weighted by molar-refractivity contribution is -0.380. The van der Waals surface area contributed by atoms with E-state index in [0.29, 0.717) is 20.6 Å². The number of hydrogen-bond donors (Lipinski definition) is 0. The van der Waals surface area contributed by atoms with Crippen LogP contribution in [0.25, 0.3) is 10.2 Å². The number of nitro groups is 1. The third kappa shape index (κ3) is 4.41. The van der Waals surface area contributed by atoms with Crippen LogP contribution in [-0.4, -0.2) is 22.0 Å². The van der Waals surface area contributed by atoms with Crippen LogP contribution in [0.15, 0.2) is 64.2 Å². The zero-order valence-electron chi connectivity index (χ0n) is 14.9. The number of amides is 1. The van der Waals surface area contributed by atoms with E-state index in [1.807, 2.05) is 18.2 Å². The minimum Gasteiger partial charge on any atom is -0.267 e. The van der Waals surface area contributed by atoms with Crippen LogP contribution in [0.1, 0.15) is 15.2 Å². The number of hydrogen-bond acceptors (Lipinski definition) is 7. The number of carbonyl (C=O) groups excluding carboxylic acids is 1. The minimum absolute atomic E-state index is 0.00290. The Morgan fingerprint density at radius 3 is 2.63 bits per heavy atom. The van der Waals surface area contributed by atoms with Crippen molar-refractivity contribution in [2.24, 2.45) is 5.10 Å². The summed E-state index contributed by atoms with van der Waals surface area (Å²) in [7, 11) is 0.